The van der Waals surface area contributed by atoms with Crippen molar-refractivity contribution in [3.05, 3.63) is 29.8 Å². The Morgan fingerprint density at radius 3 is 2.64 bits per heavy atom. The van der Waals surface area contributed by atoms with Gasteiger partial charge in [0.05, 0.1) is 5.69 Å². The third kappa shape index (κ3) is 2.96. The molecule has 74 valence electrons. The summed E-state index contributed by atoms with van der Waals surface area (Å²) in [6.45, 7) is 3.42. The van der Waals surface area contributed by atoms with Gasteiger partial charge in [0, 0.05) is 6.92 Å². The van der Waals surface area contributed by atoms with Crippen molar-refractivity contribution in [3.8, 4) is 0 Å². The minimum Gasteiger partial charge on any atom is -0.292 e. The molecule has 0 radical (unpaired) electrons. The number of anilines is 1. The summed E-state index contributed by atoms with van der Waals surface area (Å²) >= 11 is 3.06. The Kier molecular flexibility index (Phi) is 3.83. The molecule has 0 aliphatic heterocycles. The first kappa shape index (κ1) is 10.9. The van der Waals surface area contributed by atoms with E-state index in [1.165, 1.54) is 6.92 Å². The Morgan fingerprint density at radius 2 is 2.07 bits per heavy atom. The molecule has 0 saturated carbocycles. The second-order valence-electron chi connectivity index (χ2n) is 2.89. The van der Waals surface area contributed by atoms with Crippen molar-refractivity contribution in [1.82, 2.24) is 0 Å². The van der Waals surface area contributed by atoms with Crippen molar-refractivity contribution in [2.45, 2.75) is 13.8 Å². The highest BCUT2D eigenvalue weighted by Gasteiger charge is 2.00. The molecule has 0 aliphatic carbocycles. The van der Waals surface area contributed by atoms with E-state index >= 15 is 0 Å². The van der Waals surface area contributed by atoms with Crippen LogP contribution in [0.15, 0.2) is 29.4 Å². The van der Waals surface area contributed by atoms with Crippen molar-refractivity contribution < 1.29 is 4.79 Å². The molecule has 0 bridgehead atoms. The van der Waals surface area contributed by atoms with Crippen molar-refractivity contribution in [2.75, 3.05) is 5.43 Å². The molecule has 0 amide bonds. The zero-order valence-electron chi connectivity index (χ0n) is 8.04. The Bertz CT molecular complexity index is 374. The van der Waals surface area contributed by atoms with Gasteiger partial charge >= 0.3 is 0 Å². The quantitative estimate of drug-likeness (QED) is 0.666. The van der Waals surface area contributed by atoms with E-state index in [0.29, 0.717) is 4.62 Å². The van der Waals surface area contributed by atoms with Gasteiger partial charge in [-0.15, -0.1) is 0 Å². The molecule has 0 atom stereocenters. The van der Waals surface area contributed by atoms with Crippen molar-refractivity contribution in [1.29, 1.82) is 0 Å². The number of nitrogens with one attached hydrogen (secondary N) is 1. The molecular formula is C10H11BrN2O. The van der Waals surface area contributed by atoms with Crippen molar-refractivity contribution in [2.24, 2.45) is 5.10 Å². The number of carbonyl (C=O) groups excluding carboxylic acids is 1. The Labute approximate surface area is 91.3 Å². The molecule has 0 aliphatic rings. The molecule has 3 nitrogen and oxygen atoms in total. The van der Waals surface area contributed by atoms with Gasteiger partial charge < -0.3 is 0 Å². The fraction of sp³-hybridized carbons (Fsp3) is 0.200. The van der Waals surface area contributed by atoms with Crippen LogP contribution in [-0.4, -0.2) is 10.4 Å². The fourth-order valence-corrected chi connectivity index (χ4v) is 0.975. The van der Waals surface area contributed by atoms with E-state index < -0.39 is 0 Å². The Hall–Kier alpha value is -1.16. The molecule has 14 heavy (non-hydrogen) atoms. The highest BCUT2D eigenvalue weighted by Crippen LogP contribution is 2.13. The average molecular weight is 255 g/mol. The highest BCUT2D eigenvalue weighted by molar-refractivity contribution is 9.19. The van der Waals surface area contributed by atoms with Crippen molar-refractivity contribution >= 4 is 32.0 Å². The van der Waals surface area contributed by atoms with Crippen LogP contribution < -0.4 is 5.43 Å². The van der Waals surface area contributed by atoms with Crippen LogP contribution in [0.2, 0.25) is 0 Å². The lowest BCUT2D eigenvalue weighted by molar-refractivity contribution is -0.110. The largest absolute Gasteiger partial charge is 0.292 e. The van der Waals surface area contributed by atoms with Gasteiger partial charge in [0.25, 0.3) is 0 Å². The van der Waals surface area contributed by atoms with E-state index in [1.54, 1.807) is 0 Å². The molecule has 0 spiro atoms. The van der Waals surface area contributed by atoms with Gasteiger partial charge in [0.15, 0.2) is 10.4 Å². The van der Waals surface area contributed by atoms with Crippen LogP contribution >= 0.6 is 15.9 Å². The SMILES string of the molecule is CC(=O)/C(Br)=N\Nc1ccccc1C. The summed E-state index contributed by atoms with van der Waals surface area (Å²) in [5.74, 6) is -0.105. The number of rotatable bonds is 3. The predicted octanol–water partition coefficient (Wildman–Crippen LogP) is 2.70. The summed E-state index contributed by atoms with van der Waals surface area (Å²) in [6.07, 6.45) is 0. The average Bonchev–Trinajstić information content (AvgIpc) is 2.16. The number of halogens is 1. The summed E-state index contributed by atoms with van der Waals surface area (Å²) in [5, 5.41) is 3.89. The van der Waals surface area contributed by atoms with Crippen LogP contribution in [0.1, 0.15) is 12.5 Å². The Morgan fingerprint density at radius 1 is 1.43 bits per heavy atom. The number of aryl methyl sites for hydroxylation is 1. The molecule has 0 fully saturated rings. The number of hydrogen-bond donors (Lipinski definition) is 1. The lowest BCUT2D eigenvalue weighted by Crippen LogP contribution is -2.04. The summed E-state index contributed by atoms with van der Waals surface area (Å²) < 4.78 is 0.292. The summed E-state index contributed by atoms with van der Waals surface area (Å²) in [5.41, 5.74) is 4.79. The van der Waals surface area contributed by atoms with Crippen molar-refractivity contribution in [3.63, 3.8) is 0 Å². The van der Waals surface area contributed by atoms with E-state index in [9.17, 15) is 4.79 Å². The molecule has 1 aromatic carbocycles. The zero-order chi connectivity index (χ0) is 10.6. The number of nitrogens with zero attached hydrogens (tertiary/aromatic N) is 1. The number of ketones is 1. The number of para-hydroxylation sites is 1. The number of benzene rings is 1. The maximum Gasteiger partial charge on any atom is 0.187 e. The monoisotopic (exact) mass is 254 g/mol. The van der Waals surface area contributed by atoms with Gasteiger partial charge in [-0.25, -0.2) is 0 Å². The van der Waals surface area contributed by atoms with Crippen LogP contribution in [0.4, 0.5) is 5.69 Å². The van der Waals surface area contributed by atoms with Gasteiger partial charge in [0.2, 0.25) is 0 Å². The maximum absolute atomic E-state index is 10.8. The van der Waals surface area contributed by atoms with Gasteiger partial charge in [-0.2, -0.15) is 5.10 Å². The fourth-order valence-electron chi connectivity index (χ4n) is 0.886. The topological polar surface area (TPSA) is 41.5 Å². The van der Waals surface area contributed by atoms with Crippen LogP contribution in [0.25, 0.3) is 0 Å². The van der Waals surface area contributed by atoms with E-state index in [1.807, 2.05) is 31.2 Å². The zero-order valence-corrected chi connectivity index (χ0v) is 9.63. The normalized spacial score (nSPS) is 11.2. The molecular weight excluding hydrogens is 244 g/mol. The van der Waals surface area contributed by atoms with Crippen LogP contribution in [0.3, 0.4) is 0 Å². The second-order valence-corrected chi connectivity index (χ2v) is 3.64. The number of Topliss-reactive ketones (excluding diaryl/α,β-unsaturated/α-hetero) is 1. The van der Waals surface area contributed by atoms with E-state index in [2.05, 4.69) is 26.5 Å². The summed E-state index contributed by atoms with van der Waals surface area (Å²) in [6, 6.07) is 7.73. The predicted molar refractivity (Wildman–Crippen MR) is 61.8 cm³/mol. The van der Waals surface area contributed by atoms with Crippen LogP contribution in [0.5, 0.6) is 0 Å². The van der Waals surface area contributed by atoms with E-state index in [0.717, 1.165) is 11.3 Å². The van der Waals surface area contributed by atoms with Gasteiger partial charge in [-0.05, 0) is 34.5 Å². The molecule has 0 heterocycles. The smallest absolute Gasteiger partial charge is 0.187 e. The second kappa shape index (κ2) is 4.91. The number of hydrazone groups is 1. The summed E-state index contributed by atoms with van der Waals surface area (Å²) in [4.78, 5) is 10.8. The van der Waals surface area contributed by atoms with Gasteiger partial charge in [0.1, 0.15) is 0 Å². The Balaban J connectivity index is 2.76. The van der Waals surface area contributed by atoms with Crippen LogP contribution in [0, 0.1) is 6.92 Å². The van der Waals surface area contributed by atoms with Gasteiger partial charge in [-0.1, -0.05) is 18.2 Å². The standard InChI is InChI=1S/C10H11BrN2O/c1-7-5-3-4-6-9(7)12-13-10(11)8(2)14/h3-6,12H,1-2H3/b13-10+. The first-order valence-electron chi connectivity index (χ1n) is 4.17. The first-order valence-corrected chi connectivity index (χ1v) is 4.96. The maximum atomic E-state index is 10.8. The first-order chi connectivity index (χ1) is 6.61. The van der Waals surface area contributed by atoms with E-state index in [-0.39, 0.29) is 5.78 Å². The molecule has 4 heteroatoms. The number of carbonyl (C=O) groups is 1. The van der Waals surface area contributed by atoms with Crippen LogP contribution in [-0.2, 0) is 4.79 Å². The van der Waals surface area contributed by atoms with E-state index in [4.69, 9.17) is 0 Å². The lowest BCUT2D eigenvalue weighted by Gasteiger charge is -2.03. The third-order valence-corrected chi connectivity index (χ3v) is 2.45. The lowest BCUT2D eigenvalue weighted by atomic mass is 10.2. The molecule has 0 aromatic heterocycles. The number of hydrogen-bond acceptors (Lipinski definition) is 3. The minimum absolute atomic E-state index is 0.105. The van der Waals surface area contributed by atoms with Gasteiger partial charge in [-0.3, -0.25) is 10.2 Å². The molecule has 0 saturated heterocycles. The summed E-state index contributed by atoms with van der Waals surface area (Å²) in [7, 11) is 0. The molecule has 0 unspecified atom stereocenters. The third-order valence-electron chi connectivity index (χ3n) is 1.71. The molecule has 1 N–H and O–H groups in total. The molecule has 1 aromatic rings. The highest BCUT2D eigenvalue weighted by atomic mass is 79.9. The molecule has 1 rings (SSSR count). The minimum atomic E-state index is -0.105.